The number of hydrogen-bond acceptors (Lipinski definition) is 3. The fraction of sp³-hybridized carbons (Fsp3) is 0.0870. The van der Waals surface area contributed by atoms with Gasteiger partial charge in [-0.05, 0) is 29.8 Å². The molecule has 7 heteroatoms. The highest BCUT2D eigenvalue weighted by atomic mass is 16.4. The molecule has 0 aliphatic rings. The molecule has 30 heavy (non-hydrogen) atoms. The van der Waals surface area contributed by atoms with Crippen LogP contribution in [0.3, 0.4) is 0 Å². The Bertz CT molecular complexity index is 955. The summed E-state index contributed by atoms with van der Waals surface area (Å²) in [5.74, 6) is -0.971. The molecule has 0 bridgehead atoms. The summed E-state index contributed by atoms with van der Waals surface area (Å²) in [6, 6.07) is 25.5. The van der Waals surface area contributed by atoms with Gasteiger partial charge in [-0.15, -0.1) is 0 Å². The molecule has 3 rings (SSSR count). The first-order valence-electron chi connectivity index (χ1n) is 9.31. The molecule has 0 heterocycles. The Morgan fingerprint density at radius 3 is 1.70 bits per heavy atom. The maximum atomic E-state index is 13.0. The Morgan fingerprint density at radius 1 is 0.767 bits per heavy atom. The molecule has 3 amide bonds. The third-order valence-corrected chi connectivity index (χ3v) is 4.35. The smallest absolute Gasteiger partial charge is 0.405 e. The van der Waals surface area contributed by atoms with E-state index in [9.17, 15) is 14.4 Å². The number of benzene rings is 3. The molecule has 0 radical (unpaired) electrons. The molecule has 3 aromatic carbocycles. The zero-order valence-corrected chi connectivity index (χ0v) is 16.1. The van der Waals surface area contributed by atoms with Crippen LogP contribution in [0.5, 0.6) is 0 Å². The summed E-state index contributed by atoms with van der Waals surface area (Å²) in [6.07, 6.45) is -1.33. The van der Waals surface area contributed by atoms with Gasteiger partial charge < -0.3 is 15.7 Å². The lowest BCUT2D eigenvalue weighted by atomic mass is 10.1. The van der Waals surface area contributed by atoms with Crippen LogP contribution in [0.2, 0.25) is 0 Å². The molecule has 0 fully saturated rings. The van der Waals surface area contributed by atoms with E-state index in [0.717, 1.165) is 0 Å². The quantitative estimate of drug-likeness (QED) is 0.562. The maximum absolute atomic E-state index is 13.0. The lowest BCUT2D eigenvalue weighted by molar-refractivity contribution is -0.126. The molecule has 1 atom stereocenters. The molecule has 0 aromatic heterocycles. The van der Waals surface area contributed by atoms with E-state index in [4.69, 9.17) is 5.11 Å². The summed E-state index contributed by atoms with van der Waals surface area (Å²) < 4.78 is 0. The summed E-state index contributed by atoms with van der Waals surface area (Å²) in [5, 5.41) is 13.8. The molecule has 0 aliphatic heterocycles. The Morgan fingerprint density at radius 2 is 1.23 bits per heavy atom. The minimum Gasteiger partial charge on any atom is -0.465 e. The van der Waals surface area contributed by atoms with Crippen molar-refractivity contribution in [3.05, 3.63) is 96.6 Å². The summed E-state index contributed by atoms with van der Waals surface area (Å²) in [4.78, 5) is 38.3. The van der Waals surface area contributed by atoms with Gasteiger partial charge in [0.2, 0.25) is 5.91 Å². The molecule has 0 saturated heterocycles. The maximum Gasteiger partial charge on any atom is 0.405 e. The lowest BCUT2D eigenvalue weighted by Crippen LogP contribution is -2.44. The molecule has 3 aromatic rings. The molecule has 7 nitrogen and oxygen atoms in total. The minimum absolute atomic E-state index is 0.298. The van der Waals surface area contributed by atoms with Gasteiger partial charge in [0.05, 0.1) is 6.54 Å². The third-order valence-electron chi connectivity index (χ3n) is 4.35. The number of para-hydroxylation sites is 2. The number of carboxylic acid groups (broad SMARTS) is 1. The van der Waals surface area contributed by atoms with Crippen molar-refractivity contribution in [3.8, 4) is 0 Å². The zero-order valence-electron chi connectivity index (χ0n) is 16.1. The first-order chi connectivity index (χ1) is 14.6. The summed E-state index contributed by atoms with van der Waals surface area (Å²) in [7, 11) is 0. The average molecular weight is 403 g/mol. The normalized spacial score (nSPS) is 11.2. The number of carbonyl (C=O) groups excluding carboxylic acids is 2. The van der Waals surface area contributed by atoms with Gasteiger partial charge in [-0.2, -0.15) is 0 Å². The van der Waals surface area contributed by atoms with Crippen LogP contribution in [0.15, 0.2) is 91.0 Å². The summed E-state index contributed by atoms with van der Waals surface area (Å²) in [5.41, 5.74) is 1.80. The Labute approximate surface area is 174 Å². The number of nitrogens with zero attached hydrogens (tertiary/aromatic N) is 1. The van der Waals surface area contributed by atoms with E-state index in [1.807, 2.05) is 36.4 Å². The lowest BCUT2D eigenvalue weighted by Gasteiger charge is -2.24. The topological polar surface area (TPSA) is 98.7 Å². The molecule has 3 N–H and O–H groups in total. The van der Waals surface area contributed by atoms with Crippen LogP contribution in [-0.2, 0) is 9.59 Å². The average Bonchev–Trinajstić information content (AvgIpc) is 2.78. The van der Waals surface area contributed by atoms with Gasteiger partial charge in [-0.1, -0.05) is 66.7 Å². The number of hydrogen-bond donors (Lipinski definition) is 3. The van der Waals surface area contributed by atoms with Crippen molar-refractivity contribution in [3.63, 3.8) is 0 Å². The second kappa shape index (κ2) is 9.88. The van der Waals surface area contributed by atoms with Gasteiger partial charge >= 0.3 is 6.09 Å². The van der Waals surface area contributed by atoms with Crippen molar-refractivity contribution in [1.82, 2.24) is 10.6 Å². The number of nitrogens with one attached hydrogen (secondary N) is 2. The van der Waals surface area contributed by atoms with E-state index in [0.29, 0.717) is 16.9 Å². The Kier molecular flexibility index (Phi) is 6.78. The highest BCUT2D eigenvalue weighted by Crippen LogP contribution is 2.25. The monoisotopic (exact) mass is 403 g/mol. The van der Waals surface area contributed by atoms with Crippen molar-refractivity contribution >= 4 is 29.3 Å². The minimum atomic E-state index is -1.33. The molecular weight excluding hydrogens is 382 g/mol. The highest BCUT2D eigenvalue weighted by molar-refractivity contribution is 6.03. The van der Waals surface area contributed by atoms with Crippen molar-refractivity contribution in [1.29, 1.82) is 0 Å². The zero-order chi connectivity index (χ0) is 21.3. The van der Waals surface area contributed by atoms with Gasteiger partial charge in [0, 0.05) is 11.4 Å². The molecule has 0 saturated carbocycles. The second-order valence-electron chi connectivity index (χ2n) is 6.41. The number of anilines is 2. The van der Waals surface area contributed by atoms with Crippen LogP contribution in [0, 0.1) is 0 Å². The fourth-order valence-corrected chi connectivity index (χ4v) is 3.00. The number of carbonyl (C=O) groups is 3. The van der Waals surface area contributed by atoms with E-state index >= 15 is 0 Å². The predicted octanol–water partition coefficient (Wildman–Crippen LogP) is 3.48. The van der Waals surface area contributed by atoms with Crippen LogP contribution in [-0.4, -0.2) is 29.6 Å². The number of amides is 3. The van der Waals surface area contributed by atoms with Crippen molar-refractivity contribution in [2.45, 2.75) is 6.04 Å². The van der Waals surface area contributed by atoms with E-state index in [-0.39, 0.29) is 12.5 Å². The van der Waals surface area contributed by atoms with Crippen LogP contribution in [0.25, 0.3) is 0 Å². The predicted molar refractivity (Wildman–Crippen MR) is 113 cm³/mol. The summed E-state index contributed by atoms with van der Waals surface area (Å²) >= 11 is 0. The molecule has 0 aliphatic carbocycles. The van der Waals surface area contributed by atoms with E-state index in [1.54, 1.807) is 54.6 Å². The van der Waals surface area contributed by atoms with Gasteiger partial charge in [0.1, 0.15) is 6.04 Å². The van der Waals surface area contributed by atoms with Crippen molar-refractivity contribution < 1.29 is 19.5 Å². The SMILES string of the molecule is O=C(O)N[C@@H](C(=O)NCC(=O)N(c1ccccc1)c1ccccc1)c1ccccc1. The van der Waals surface area contributed by atoms with Gasteiger partial charge in [-0.3, -0.25) is 14.5 Å². The second-order valence-corrected chi connectivity index (χ2v) is 6.41. The Hall–Kier alpha value is -4.13. The van der Waals surface area contributed by atoms with Gasteiger partial charge in [0.25, 0.3) is 5.91 Å². The fourth-order valence-electron chi connectivity index (χ4n) is 3.00. The Balaban J connectivity index is 1.77. The summed E-state index contributed by atoms with van der Waals surface area (Å²) in [6.45, 7) is -0.298. The molecule has 152 valence electrons. The van der Waals surface area contributed by atoms with E-state index in [2.05, 4.69) is 10.6 Å². The standard InChI is InChI=1S/C23H21N3O4/c27-20(26(18-12-6-2-7-13-18)19-14-8-3-9-15-19)16-24-22(28)21(25-23(29)30)17-10-4-1-5-11-17/h1-15,21,25H,16H2,(H,24,28)(H,29,30)/t21-/m1/s1. The molecule has 0 unspecified atom stereocenters. The first-order valence-corrected chi connectivity index (χ1v) is 9.31. The van der Waals surface area contributed by atoms with Crippen LogP contribution in [0.4, 0.5) is 16.2 Å². The van der Waals surface area contributed by atoms with Crippen LogP contribution < -0.4 is 15.5 Å². The van der Waals surface area contributed by atoms with Crippen molar-refractivity contribution in [2.24, 2.45) is 0 Å². The van der Waals surface area contributed by atoms with Gasteiger partial charge in [-0.25, -0.2) is 4.79 Å². The molecular formula is C23H21N3O4. The highest BCUT2D eigenvalue weighted by Gasteiger charge is 2.24. The van der Waals surface area contributed by atoms with Crippen LogP contribution in [0.1, 0.15) is 11.6 Å². The van der Waals surface area contributed by atoms with Crippen LogP contribution >= 0.6 is 0 Å². The van der Waals surface area contributed by atoms with Crippen molar-refractivity contribution in [2.75, 3.05) is 11.4 Å². The molecule has 0 spiro atoms. The third kappa shape index (κ3) is 5.23. The number of rotatable bonds is 7. The van der Waals surface area contributed by atoms with E-state index in [1.165, 1.54) is 4.90 Å². The van der Waals surface area contributed by atoms with Gasteiger partial charge in [0.15, 0.2) is 0 Å². The first kappa shape index (κ1) is 20.6. The van der Waals surface area contributed by atoms with E-state index < -0.39 is 18.0 Å². The largest absolute Gasteiger partial charge is 0.465 e.